The highest BCUT2D eigenvalue weighted by Crippen LogP contribution is 2.14. The molecule has 0 aromatic carbocycles. The second-order valence-electron chi connectivity index (χ2n) is 4.00. The van der Waals surface area contributed by atoms with Gasteiger partial charge in [-0.25, -0.2) is 0 Å². The fourth-order valence-corrected chi connectivity index (χ4v) is 2.28. The summed E-state index contributed by atoms with van der Waals surface area (Å²) < 4.78 is 5.24. The Morgan fingerprint density at radius 1 is 1.32 bits per heavy atom. The molecule has 0 saturated carbocycles. The van der Waals surface area contributed by atoms with Gasteiger partial charge in [0, 0.05) is 26.0 Å². The van der Waals surface area contributed by atoms with Crippen LogP contribution in [0, 0.1) is 0 Å². The Balaban J connectivity index is 3.96. The maximum atomic E-state index is 11.8. The molecule has 110 valence electrons. The minimum absolute atomic E-state index is 0.0833. The van der Waals surface area contributed by atoms with E-state index in [9.17, 15) is 14.4 Å². The molecule has 1 amide bonds. The van der Waals surface area contributed by atoms with Crippen LogP contribution in [-0.2, 0) is 19.1 Å². The van der Waals surface area contributed by atoms with E-state index in [-0.39, 0.29) is 23.9 Å². The van der Waals surface area contributed by atoms with Crippen molar-refractivity contribution in [3.05, 3.63) is 0 Å². The molecule has 0 saturated heterocycles. The summed E-state index contributed by atoms with van der Waals surface area (Å²) in [5.41, 5.74) is 0. The van der Waals surface area contributed by atoms with Crippen molar-refractivity contribution in [2.75, 3.05) is 25.5 Å². The Kier molecular flexibility index (Phi) is 11.6. The summed E-state index contributed by atoms with van der Waals surface area (Å²) >= 11 is 1.22. The molecule has 0 radical (unpaired) electrons. The van der Waals surface area contributed by atoms with Gasteiger partial charge in [0.15, 0.2) is 0 Å². The van der Waals surface area contributed by atoms with Crippen molar-refractivity contribution in [2.45, 2.75) is 38.4 Å². The van der Waals surface area contributed by atoms with Crippen molar-refractivity contribution >= 4 is 29.7 Å². The van der Waals surface area contributed by atoms with Crippen molar-refractivity contribution in [1.29, 1.82) is 0 Å². The number of carbonyl (C=O) groups excluding carboxylic acids is 3. The van der Waals surface area contributed by atoms with E-state index in [2.05, 4.69) is 5.32 Å². The average Bonchev–Trinajstić information content (AvgIpc) is 2.42. The molecule has 6 heteroatoms. The molecule has 0 aliphatic rings. The molecule has 0 aromatic rings. The highest BCUT2D eigenvalue weighted by molar-refractivity contribution is 8.01. The van der Waals surface area contributed by atoms with Gasteiger partial charge in [0.05, 0.1) is 17.6 Å². The lowest BCUT2D eigenvalue weighted by Gasteiger charge is -2.13. The molecular formula is C13H23NO4S. The molecule has 19 heavy (non-hydrogen) atoms. The second-order valence-corrected chi connectivity index (χ2v) is 5.19. The third-order valence-electron chi connectivity index (χ3n) is 2.34. The van der Waals surface area contributed by atoms with Gasteiger partial charge in [-0.15, -0.1) is 11.8 Å². The highest BCUT2D eigenvalue weighted by Gasteiger charge is 2.19. The fourth-order valence-electron chi connectivity index (χ4n) is 1.24. The Bertz CT molecular complexity index is 284. The normalized spacial score (nSPS) is 11.9. The number of thioether (sulfide) groups is 1. The van der Waals surface area contributed by atoms with Crippen LogP contribution in [0.15, 0.2) is 0 Å². The number of rotatable bonds is 12. The average molecular weight is 289 g/mol. The summed E-state index contributed by atoms with van der Waals surface area (Å²) in [5, 5.41) is 2.23. The third-order valence-corrected chi connectivity index (χ3v) is 3.63. The van der Waals surface area contributed by atoms with Crippen LogP contribution in [0.25, 0.3) is 0 Å². The number of nitrogens with one attached hydrogen (secondary N) is 1. The van der Waals surface area contributed by atoms with Crippen LogP contribution >= 0.6 is 11.8 Å². The number of aldehydes is 1. The van der Waals surface area contributed by atoms with Gasteiger partial charge in [-0.1, -0.05) is 13.8 Å². The quantitative estimate of drug-likeness (QED) is 0.432. The van der Waals surface area contributed by atoms with E-state index in [1.54, 1.807) is 6.92 Å². The van der Waals surface area contributed by atoms with Gasteiger partial charge in [0.1, 0.15) is 12.1 Å². The van der Waals surface area contributed by atoms with E-state index >= 15 is 0 Å². The Morgan fingerprint density at radius 2 is 2.05 bits per heavy atom. The number of ether oxygens (including phenoxy) is 1. The monoisotopic (exact) mass is 289 g/mol. The topological polar surface area (TPSA) is 72.5 Å². The lowest BCUT2D eigenvalue weighted by molar-refractivity contribution is -0.122. The molecule has 0 aromatic heterocycles. The predicted molar refractivity (Wildman–Crippen MR) is 76.3 cm³/mol. The SMILES string of the molecule is CCCOCCNC(=O)C(CC=O)SCC(=O)CC. The molecule has 0 heterocycles. The summed E-state index contributed by atoms with van der Waals surface area (Å²) in [5.74, 6) is 0.149. The van der Waals surface area contributed by atoms with Crippen LogP contribution < -0.4 is 5.32 Å². The second kappa shape index (κ2) is 12.2. The zero-order valence-electron chi connectivity index (χ0n) is 11.6. The lowest BCUT2D eigenvalue weighted by atomic mass is 10.3. The molecule has 0 fully saturated rings. The summed E-state index contributed by atoms with van der Waals surface area (Å²) in [4.78, 5) is 33.6. The molecule has 0 aliphatic carbocycles. The smallest absolute Gasteiger partial charge is 0.233 e. The zero-order chi connectivity index (χ0) is 14.5. The molecule has 0 aliphatic heterocycles. The summed E-state index contributed by atoms with van der Waals surface area (Å²) in [6, 6.07) is 0. The number of Topliss-reactive ketones (excluding diaryl/α,β-unsaturated/α-hetero) is 1. The maximum absolute atomic E-state index is 11.8. The van der Waals surface area contributed by atoms with Gasteiger partial charge in [0.2, 0.25) is 5.91 Å². The van der Waals surface area contributed by atoms with Crippen LogP contribution in [0.1, 0.15) is 33.1 Å². The summed E-state index contributed by atoms with van der Waals surface area (Å²) in [6.45, 7) is 5.36. The van der Waals surface area contributed by atoms with Crippen molar-refractivity contribution in [1.82, 2.24) is 5.32 Å². The number of ketones is 1. The first-order chi connectivity index (χ1) is 9.15. The van der Waals surface area contributed by atoms with Gasteiger partial charge >= 0.3 is 0 Å². The van der Waals surface area contributed by atoms with Crippen molar-refractivity contribution in [2.24, 2.45) is 0 Å². The summed E-state index contributed by atoms with van der Waals surface area (Å²) in [6.07, 6.45) is 2.23. The predicted octanol–water partition coefficient (Wildman–Crippen LogP) is 1.20. The van der Waals surface area contributed by atoms with Gasteiger partial charge in [-0.2, -0.15) is 0 Å². The van der Waals surface area contributed by atoms with Gasteiger partial charge in [-0.3, -0.25) is 9.59 Å². The van der Waals surface area contributed by atoms with Crippen molar-refractivity contribution in [3.8, 4) is 0 Å². The van der Waals surface area contributed by atoms with E-state index in [1.165, 1.54) is 11.8 Å². The van der Waals surface area contributed by atoms with Crippen LogP contribution in [-0.4, -0.2) is 48.7 Å². The maximum Gasteiger partial charge on any atom is 0.233 e. The Labute approximate surface area is 118 Å². The van der Waals surface area contributed by atoms with E-state index in [0.717, 1.165) is 6.42 Å². The standard InChI is InChI=1S/C13H23NO4S/c1-3-8-18-9-6-14-13(17)12(5-7-15)19-10-11(16)4-2/h7,12H,3-6,8-10H2,1-2H3,(H,14,17). The number of carbonyl (C=O) groups is 3. The molecule has 1 atom stereocenters. The van der Waals surface area contributed by atoms with E-state index < -0.39 is 5.25 Å². The molecular weight excluding hydrogens is 266 g/mol. The minimum atomic E-state index is -0.487. The third kappa shape index (κ3) is 9.67. The fraction of sp³-hybridized carbons (Fsp3) is 0.769. The minimum Gasteiger partial charge on any atom is -0.380 e. The Morgan fingerprint density at radius 3 is 2.63 bits per heavy atom. The first-order valence-electron chi connectivity index (χ1n) is 6.58. The van der Waals surface area contributed by atoms with E-state index in [1.807, 2.05) is 6.92 Å². The number of amides is 1. The van der Waals surface area contributed by atoms with Crippen LogP contribution in [0.4, 0.5) is 0 Å². The van der Waals surface area contributed by atoms with Crippen molar-refractivity contribution < 1.29 is 19.1 Å². The highest BCUT2D eigenvalue weighted by atomic mass is 32.2. The zero-order valence-corrected chi connectivity index (χ0v) is 12.5. The van der Waals surface area contributed by atoms with E-state index in [0.29, 0.717) is 32.5 Å². The van der Waals surface area contributed by atoms with Crippen molar-refractivity contribution in [3.63, 3.8) is 0 Å². The van der Waals surface area contributed by atoms with Crippen LogP contribution in [0.5, 0.6) is 0 Å². The van der Waals surface area contributed by atoms with Gasteiger partial charge in [-0.05, 0) is 6.42 Å². The Hall–Kier alpha value is -0.880. The molecule has 5 nitrogen and oxygen atoms in total. The molecule has 1 unspecified atom stereocenters. The first-order valence-corrected chi connectivity index (χ1v) is 7.62. The lowest BCUT2D eigenvalue weighted by Crippen LogP contribution is -2.35. The number of hydrogen-bond acceptors (Lipinski definition) is 5. The molecule has 1 N–H and O–H groups in total. The first kappa shape index (κ1) is 18.1. The van der Waals surface area contributed by atoms with Gasteiger partial charge in [0.25, 0.3) is 0 Å². The molecule has 0 bridgehead atoms. The van der Waals surface area contributed by atoms with Crippen LogP contribution in [0.3, 0.4) is 0 Å². The van der Waals surface area contributed by atoms with Crippen LogP contribution in [0.2, 0.25) is 0 Å². The van der Waals surface area contributed by atoms with Gasteiger partial charge < -0.3 is 14.8 Å². The number of hydrogen-bond donors (Lipinski definition) is 1. The largest absolute Gasteiger partial charge is 0.380 e. The molecule has 0 rings (SSSR count). The summed E-state index contributed by atoms with van der Waals surface area (Å²) in [7, 11) is 0. The van der Waals surface area contributed by atoms with E-state index in [4.69, 9.17) is 4.74 Å². The molecule has 0 spiro atoms.